The highest BCUT2D eigenvalue weighted by Crippen LogP contribution is 2.45. The third-order valence-electron chi connectivity index (χ3n) is 6.75. The number of benzene rings is 2. The van der Waals surface area contributed by atoms with E-state index in [1.807, 2.05) is 40.2 Å². The molecule has 0 aliphatic rings. The van der Waals surface area contributed by atoms with Crippen molar-refractivity contribution in [3.63, 3.8) is 0 Å². The molecule has 4 heterocycles. The van der Waals surface area contributed by atoms with Crippen LogP contribution in [0.1, 0.15) is 50.6 Å². The number of rotatable bonds is 3. The molecule has 4 heteroatoms. The fourth-order valence-electron chi connectivity index (χ4n) is 5.11. The molecule has 0 aliphatic carbocycles. The van der Waals surface area contributed by atoms with Crippen LogP contribution in [0.25, 0.3) is 51.6 Å². The van der Waals surface area contributed by atoms with Gasteiger partial charge in [-0.05, 0) is 88.4 Å². The quantitative estimate of drug-likeness (QED) is 0.236. The molecule has 0 saturated carbocycles. The Labute approximate surface area is 213 Å². The SMILES string of the molecule is Cc1sc2cc3c(cc2c1CC(C)C)sc1c(-c2cc(C(C)(C)C)c4sccc4c2)nccc13. The number of hydrogen-bond donors (Lipinski definition) is 0. The van der Waals surface area contributed by atoms with Gasteiger partial charge in [0.05, 0.1) is 10.4 Å². The van der Waals surface area contributed by atoms with Crippen LogP contribution < -0.4 is 0 Å². The molecule has 6 aromatic rings. The van der Waals surface area contributed by atoms with E-state index in [0.29, 0.717) is 5.92 Å². The Morgan fingerprint density at radius 1 is 0.882 bits per heavy atom. The third kappa shape index (κ3) is 3.50. The van der Waals surface area contributed by atoms with E-state index in [1.54, 1.807) is 0 Å². The minimum atomic E-state index is 0.0855. The number of fused-ring (bicyclic) bond motifs is 5. The van der Waals surface area contributed by atoms with Crippen LogP contribution in [0, 0.1) is 12.8 Å². The van der Waals surface area contributed by atoms with Crippen molar-refractivity contribution in [3.8, 4) is 11.3 Å². The Morgan fingerprint density at radius 2 is 1.65 bits per heavy atom. The maximum Gasteiger partial charge on any atom is 0.0880 e. The van der Waals surface area contributed by atoms with E-state index in [9.17, 15) is 0 Å². The van der Waals surface area contributed by atoms with Gasteiger partial charge in [0, 0.05) is 41.5 Å². The van der Waals surface area contributed by atoms with Gasteiger partial charge in [-0.1, -0.05) is 34.6 Å². The molecule has 34 heavy (non-hydrogen) atoms. The smallest absolute Gasteiger partial charge is 0.0880 e. The summed E-state index contributed by atoms with van der Waals surface area (Å²) >= 11 is 5.69. The monoisotopic (exact) mass is 499 g/mol. The van der Waals surface area contributed by atoms with Gasteiger partial charge in [-0.2, -0.15) is 0 Å². The molecular formula is C30H29NS3. The van der Waals surface area contributed by atoms with Gasteiger partial charge in [-0.3, -0.25) is 4.98 Å². The second-order valence-corrected chi connectivity index (χ2v) is 14.1. The molecule has 2 aromatic carbocycles. The van der Waals surface area contributed by atoms with Crippen LogP contribution in [-0.4, -0.2) is 4.98 Å². The minimum Gasteiger partial charge on any atom is -0.255 e. The van der Waals surface area contributed by atoms with E-state index in [-0.39, 0.29) is 5.41 Å². The Hall–Kier alpha value is -2.27. The summed E-state index contributed by atoms with van der Waals surface area (Å²) in [5, 5.41) is 7.66. The Bertz CT molecular complexity index is 1700. The van der Waals surface area contributed by atoms with Gasteiger partial charge in [0.25, 0.3) is 0 Å². The summed E-state index contributed by atoms with van der Waals surface area (Å²) in [5.41, 5.74) is 5.36. The lowest BCUT2D eigenvalue weighted by molar-refractivity contribution is 0.597. The first kappa shape index (κ1) is 22.2. The average molecular weight is 500 g/mol. The van der Waals surface area contributed by atoms with Crippen LogP contribution in [0.3, 0.4) is 0 Å². The van der Waals surface area contributed by atoms with Gasteiger partial charge in [0.2, 0.25) is 0 Å². The number of aromatic nitrogens is 1. The van der Waals surface area contributed by atoms with Crippen molar-refractivity contribution < 1.29 is 0 Å². The zero-order chi connectivity index (χ0) is 23.8. The standard InChI is InChI=1S/C30H29NS3/c1-16(2)11-21-17(3)33-25-14-22-20-7-9-31-27(29(20)34-26(22)15-23(21)25)19-12-18-8-10-32-28(18)24(13-19)30(4,5)6/h7-10,12-16H,11H2,1-6H3. The van der Waals surface area contributed by atoms with Crippen molar-refractivity contribution in [2.24, 2.45) is 5.92 Å². The Kier molecular flexibility index (Phi) is 5.14. The van der Waals surface area contributed by atoms with Crippen LogP contribution in [0.4, 0.5) is 0 Å². The number of thiophene rings is 3. The Morgan fingerprint density at radius 3 is 2.41 bits per heavy atom. The van der Waals surface area contributed by atoms with Crippen LogP contribution in [-0.2, 0) is 11.8 Å². The zero-order valence-corrected chi connectivity index (χ0v) is 23.0. The van der Waals surface area contributed by atoms with Gasteiger partial charge in [-0.25, -0.2) is 0 Å². The number of nitrogens with zero attached hydrogens (tertiary/aromatic N) is 1. The molecule has 1 nitrogen and oxygen atoms in total. The van der Waals surface area contributed by atoms with Crippen molar-refractivity contribution in [3.05, 3.63) is 64.0 Å². The predicted molar refractivity (Wildman–Crippen MR) is 155 cm³/mol. The average Bonchev–Trinajstić information content (AvgIpc) is 3.46. The lowest BCUT2D eigenvalue weighted by Gasteiger charge is -2.21. The molecule has 0 radical (unpaired) electrons. The lowest BCUT2D eigenvalue weighted by atomic mass is 9.85. The highest BCUT2D eigenvalue weighted by molar-refractivity contribution is 7.26. The zero-order valence-electron chi connectivity index (χ0n) is 20.6. The molecule has 0 N–H and O–H groups in total. The molecule has 0 aliphatic heterocycles. The first-order chi connectivity index (χ1) is 16.2. The fourth-order valence-corrected chi connectivity index (χ4v) is 8.56. The molecule has 0 atom stereocenters. The van der Waals surface area contributed by atoms with Crippen molar-refractivity contribution in [2.45, 2.75) is 53.4 Å². The van der Waals surface area contributed by atoms with E-state index in [1.165, 1.54) is 61.9 Å². The topological polar surface area (TPSA) is 12.9 Å². The fraction of sp³-hybridized carbons (Fsp3) is 0.300. The molecule has 0 amide bonds. The van der Waals surface area contributed by atoms with Gasteiger partial charge in [0.1, 0.15) is 0 Å². The molecule has 0 spiro atoms. The minimum absolute atomic E-state index is 0.0855. The van der Waals surface area contributed by atoms with Crippen LogP contribution in [0.5, 0.6) is 0 Å². The summed E-state index contributed by atoms with van der Waals surface area (Å²) in [4.78, 5) is 6.40. The molecular weight excluding hydrogens is 471 g/mol. The summed E-state index contributed by atoms with van der Waals surface area (Å²) in [6.45, 7) is 13.8. The number of aryl methyl sites for hydroxylation is 1. The normalized spacial score (nSPS) is 12.8. The van der Waals surface area contributed by atoms with Crippen molar-refractivity contribution >= 4 is 74.4 Å². The second kappa shape index (κ2) is 7.87. The lowest BCUT2D eigenvalue weighted by Crippen LogP contribution is -2.11. The highest BCUT2D eigenvalue weighted by Gasteiger charge is 2.21. The highest BCUT2D eigenvalue weighted by atomic mass is 32.1. The van der Waals surface area contributed by atoms with Gasteiger partial charge in [0.15, 0.2) is 0 Å². The van der Waals surface area contributed by atoms with E-state index in [4.69, 9.17) is 4.98 Å². The first-order valence-corrected chi connectivity index (χ1v) is 14.5. The van der Waals surface area contributed by atoms with Crippen LogP contribution in [0.15, 0.2) is 48.0 Å². The summed E-state index contributed by atoms with van der Waals surface area (Å²) in [6, 6.07) is 14.0. The maximum absolute atomic E-state index is 4.93. The van der Waals surface area contributed by atoms with Gasteiger partial charge < -0.3 is 0 Å². The largest absolute Gasteiger partial charge is 0.255 e. The van der Waals surface area contributed by atoms with Crippen molar-refractivity contribution in [2.75, 3.05) is 0 Å². The van der Waals surface area contributed by atoms with E-state index >= 15 is 0 Å². The molecule has 172 valence electrons. The van der Waals surface area contributed by atoms with Gasteiger partial charge >= 0.3 is 0 Å². The summed E-state index contributed by atoms with van der Waals surface area (Å²) < 4.78 is 5.47. The second-order valence-electron chi connectivity index (χ2n) is 10.8. The first-order valence-electron chi connectivity index (χ1n) is 12.0. The molecule has 4 aromatic heterocycles. The summed E-state index contributed by atoms with van der Waals surface area (Å²) in [5.74, 6) is 0.662. The van der Waals surface area contributed by atoms with Crippen LogP contribution >= 0.6 is 34.0 Å². The Balaban J connectivity index is 1.61. The number of hydrogen-bond acceptors (Lipinski definition) is 4. The molecule has 0 unspecified atom stereocenters. The molecule has 0 bridgehead atoms. The van der Waals surface area contributed by atoms with E-state index in [2.05, 4.69) is 83.3 Å². The third-order valence-corrected chi connectivity index (χ3v) is 10.00. The van der Waals surface area contributed by atoms with Crippen molar-refractivity contribution in [1.29, 1.82) is 0 Å². The number of pyridine rings is 1. The van der Waals surface area contributed by atoms with E-state index < -0.39 is 0 Å². The van der Waals surface area contributed by atoms with Crippen LogP contribution in [0.2, 0.25) is 0 Å². The molecule has 0 saturated heterocycles. The summed E-state index contributed by atoms with van der Waals surface area (Å²) in [7, 11) is 0. The van der Waals surface area contributed by atoms with Crippen molar-refractivity contribution in [1.82, 2.24) is 4.98 Å². The summed E-state index contributed by atoms with van der Waals surface area (Å²) in [6.07, 6.45) is 3.14. The van der Waals surface area contributed by atoms with E-state index in [0.717, 1.165) is 12.1 Å². The maximum atomic E-state index is 4.93. The molecule has 0 fully saturated rings. The predicted octanol–water partition coefficient (Wildman–Crippen LogP) is 10.4. The van der Waals surface area contributed by atoms with Gasteiger partial charge in [-0.15, -0.1) is 34.0 Å². The molecule has 6 rings (SSSR count).